The first-order chi connectivity index (χ1) is 8.18. The van der Waals surface area contributed by atoms with Crippen LogP contribution in [-0.2, 0) is 7.05 Å². The molecule has 0 spiro atoms. The maximum absolute atomic E-state index is 3.46. The topological polar surface area (TPSA) is 17.0 Å². The van der Waals surface area contributed by atoms with E-state index in [2.05, 4.69) is 49.0 Å². The van der Waals surface area contributed by atoms with Crippen LogP contribution in [0.3, 0.4) is 0 Å². The Labute approximate surface area is 103 Å². The minimum atomic E-state index is 0.687. The molecule has 90 valence electrons. The van der Waals surface area contributed by atoms with Crippen molar-refractivity contribution in [2.75, 3.05) is 13.1 Å². The number of hydrogen-bond acceptors (Lipinski definition) is 1. The molecular weight excluding hydrogens is 208 g/mol. The van der Waals surface area contributed by atoms with Gasteiger partial charge in [-0.2, -0.15) is 0 Å². The van der Waals surface area contributed by atoms with Crippen LogP contribution in [0.1, 0.15) is 29.2 Å². The van der Waals surface area contributed by atoms with Crippen molar-refractivity contribution in [3.63, 3.8) is 0 Å². The molecule has 1 fully saturated rings. The average Bonchev–Trinajstić information content (AvgIpc) is 2.91. The number of benzene rings is 1. The van der Waals surface area contributed by atoms with Gasteiger partial charge in [0.25, 0.3) is 0 Å². The number of aromatic nitrogens is 1. The monoisotopic (exact) mass is 228 g/mol. The summed E-state index contributed by atoms with van der Waals surface area (Å²) in [4.78, 5) is 0. The van der Waals surface area contributed by atoms with Gasteiger partial charge in [-0.25, -0.2) is 0 Å². The van der Waals surface area contributed by atoms with E-state index >= 15 is 0 Å². The van der Waals surface area contributed by atoms with E-state index in [1.807, 2.05) is 0 Å². The number of rotatable bonds is 1. The van der Waals surface area contributed by atoms with Crippen molar-refractivity contribution >= 4 is 10.9 Å². The number of hydrogen-bond donors (Lipinski definition) is 1. The summed E-state index contributed by atoms with van der Waals surface area (Å²) in [5.41, 5.74) is 5.70. The molecule has 0 aliphatic carbocycles. The van der Waals surface area contributed by atoms with Crippen molar-refractivity contribution in [1.82, 2.24) is 9.88 Å². The molecule has 1 aliphatic rings. The third kappa shape index (κ3) is 1.59. The fourth-order valence-electron chi connectivity index (χ4n) is 3.07. The van der Waals surface area contributed by atoms with Crippen molar-refractivity contribution in [3.05, 3.63) is 35.0 Å². The van der Waals surface area contributed by atoms with Gasteiger partial charge in [0, 0.05) is 30.6 Å². The highest BCUT2D eigenvalue weighted by Crippen LogP contribution is 2.30. The number of nitrogens with zero attached hydrogens (tertiary/aromatic N) is 1. The first kappa shape index (κ1) is 10.8. The summed E-state index contributed by atoms with van der Waals surface area (Å²) in [5, 5.41) is 4.84. The Morgan fingerprint density at radius 1 is 1.29 bits per heavy atom. The van der Waals surface area contributed by atoms with E-state index in [4.69, 9.17) is 0 Å². The molecule has 2 heteroatoms. The number of nitrogens with one attached hydrogen (secondary N) is 1. The van der Waals surface area contributed by atoms with Crippen LogP contribution in [0.4, 0.5) is 0 Å². The fraction of sp³-hybridized carbons (Fsp3) is 0.467. The quantitative estimate of drug-likeness (QED) is 0.794. The SMILES string of the molecule is Cc1ccc2cc(C3CCNC3)n(C)c2c1C. The van der Waals surface area contributed by atoms with E-state index in [-0.39, 0.29) is 0 Å². The molecule has 0 amide bonds. The summed E-state index contributed by atoms with van der Waals surface area (Å²) in [6, 6.07) is 6.86. The van der Waals surface area contributed by atoms with E-state index in [9.17, 15) is 0 Å². The van der Waals surface area contributed by atoms with Crippen molar-refractivity contribution < 1.29 is 0 Å². The van der Waals surface area contributed by atoms with Crippen molar-refractivity contribution in [2.45, 2.75) is 26.2 Å². The summed E-state index contributed by atoms with van der Waals surface area (Å²) in [7, 11) is 2.21. The molecule has 2 nitrogen and oxygen atoms in total. The van der Waals surface area contributed by atoms with Gasteiger partial charge in [-0.1, -0.05) is 12.1 Å². The lowest BCUT2D eigenvalue weighted by Crippen LogP contribution is -2.10. The molecule has 1 aromatic carbocycles. The first-order valence-corrected chi connectivity index (χ1v) is 6.44. The number of fused-ring (bicyclic) bond motifs is 1. The molecular formula is C15H20N2. The predicted octanol–water partition coefficient (Wildman–Crippen LogP) is 2.87. The molecule has 1 aromatic heterocycles. The lowest BCUT2D eigenvalue weighted by atomic mass is 10.0. The van der Waals surface area contributed by atoms with Crippen molar-refractivity contribution in [1.29, 1.82) is 0 Å². The molecule has 2 heterocycles. The van der Waals surface area contributed by atoms with Crippen LogP contribution in [0.15, 0.2) is 18.2 Å². The van der Waals surface area contributed by atoms with Gasteiger partial charge >= 0.3 is 0 Å². The van der Waals surface area contributed by atoms with Gasteiger partial charge in [-0.15, -0.1) is 0 Å². The zero-order valence-electron chi connectivity index (χ0n) is 10.9. The van der Waals surface area contributed by atoms with Crippen LogP contribution in [0.5, 0.6) is 0 Å². The van der Waals surface area contributed by atoms with Gasteiger partial charge in [0.05, 0.1) is 5.52 Å². The molecule has 1 atom stereocenters. The third-order valence-corrected chi connectivity index (χ3v) is 4.24. The van der Waals surface area contributed by atoms with E-state index in [1.54, 1.807) is 0 Å². The molecule has 3 rings (SSSR count). The molecule has 2 aromatic rings. The summed E-state index contributed by atoms with van der Waals surface area (Å²) < 4.78 is 2.40. The molecule has 1 saturated heterocycles. The highest BCUT2D eigenvalue weighted by Gasteiger charge is 2.21. The second kappa shape index (κ2) is 3.88. The van der Waals surface area contributed by atoms with Crippen LogP contribution in [-0.4, -0.2) is 17.7 Å². The Kier molecular flexibility index (Phi) is 2.48. The Balaban J connectivity index is 2.21. The van der Waals surface area contributed by atoms with Crippen LogP contribution < -0.4 is 5.32 Å². The van der Waals surface area contributed by atoms with Crippen LogP contribution >= 0.6 is 0 Å². The summed E-state index contributed by atoms with van der Waals surface area (Å²) in [6.07, 6.45) is 1.27. The standard InChI is InChI=1S/C15H20N2/c1-10-4-5-12-8-14(13-6-7-16-9-13)17(3)15(12)11(10)2/h4-5,8,13,16H,6-7,9H2,1-3H3. The van der Waals surface area contributed by atoms with E-state index in [0.29, 0.717) is 5.92 Å². The van der Waals surface area contributed by atoms with Gasteiger partial charge < -0.3 is 9.88 Å². The average molecular weight is 228 g/mol. The Morgan fingerprint density at radius 3 is 2.82 bits per heavy atom. The Hall–Kier alpha value is -1.28. The zero-order valence-corrected chi connectivity index (χ0v) is 10.9. The Bertz CT molecular complexity index is 560. The molecule has 1 N–H and O–H groups in total. The lowest BCUT2D eigenvalue weighted by molar-refractivity contribution is 0.694. The summed E-state index contributed by atoms with van der Waals surface area (Å²) in [6.45, 7) is 6.71. The summed E-state index contributed by atoms with van der Waals surface area (Å²) in [5.74, 6) is 0.687. The smallest absolute Gasteiger partial charge is 0.0512 e. The van der Waals surface area contributed by atoms with Gasteiger partial charge in [-0.05, 0) is 44.0 Å². The summed E-state index contributed by atoms with van der Waals surface area (Å²) >= 11 is 0. The molecule has 1 aliphatic heterocycles. The zero-order chi connectivity index (χ0) is 12.0. The van der Waals surface area contributed by atoms with Gasteiger partial charge in [0.2, 0.25) is 0 Å². The van der Waals surface area contributed by atoms with Gasteiger partial charge in [0.15, 0.2) is 0 Å². The largest absolute Gasteiger partial charge is 0.347 e. The maximum Gasteiger partial charge on any atom is 0.0512 e. The second-order valence-corrected chi connectivity index (χ2v) is 5.26. The van der Waals surface area contributed by atoms with Crippen LogP contribution in [0, 0.1) is 13.8 Å². The Morgan fingerprint density at radius 2 is 2.12 bits per heavy atom. The van der Waals surface area contributed by atoms with Gasteiger partial charge in [-0.3, -0.25) is 0 Å². The van der Waals surface area contributed by atoms with Crippen LogP contribution in [0.2, 0.25) is 0 Å². The second-order valence-electron chi connectivity index (χ2n) is 5.26. The van der Waals surface area contributed by atoms with Crippen molar-refractivity contribution in [3.8, 4) is 0 Å². The van der Waals surface area contributed by atoms with E-state index in [1.165, 1.54) is 34.1 Å². The molecule has 0 radical (unpaired) electrons. The highest BCUT2D eigenvalue weighted by molar-refractivity contribution is 5.85. The minimum absolute atomic E-state index is 0.687. The molecule has 17 heavy (non-hydrogen) atoms. The first-order valence-electron chi connectivity index (χ1n) is 6.44. The highest BCUT2D eigenvalue weighted by atomic mass is 15.0. The van der Waals surface area contributed by atoms with Crippen molar-refractivity contribution in [2.24, 2.45) is 7.05 Å². The molecule has 0 bridgehead atoms. The third-order valence-electron chi connectivity index (χ3n) is 4.24. The van der Waals surface area contributed by atoms with E-state index in [0.717, 1.165) is 13.1 Å². The number of aryl methyl sites for hydroxylation is 3. The van der Waals surface area contributed by atoms with Gasteiger partial charge in [0.1, 0.15) is 0 Å². The van der Waals surface area contributed by atoms with Crippen LogP contribution in [0.25, 0.3) is 10.9 Å². The van der Waals surface area contributed by atoms with E-state index < -0.39 is 0 Å². The maximum atomic E-state index is 3.46. The molecule has 1 unspecified atom stereocenters. The molecule has 0 saturated carbocycles. The predicted molar refractivity (Wildman–Crippen MR) is 72.6 cm³/mol. The minimum Gasteiger partial charge on any atom is -0.347 e. The normalized spacial score (nSPS) is 20.3. The lowest BCUT2D eigenvalue weighted by Gasteiger charge is -2.11. The fourth-order valence-corrected chi connectivity index (χ4v) is 3.07.